The minimum absolute atomic E-state index is 0.601. The molecule has 16 heavy (non-hydrogen) atoms. The van der Waals surface area contributed by atoms with Crippen LogP contribution in [0.2, 0.25) is 0 Å². The van der Waals surface area contributed by atoms with Gasteiger partial charge < -0.3 is 5.32 Å². The fourth-order valence-electron chi connectivity index (χ4n) is 2.72. The fraction of sp³-hybridized carbons (Fsp3) is 0.600. The second-order valence-corrected chi connectivity index (χ2v) is 5.18. The van der Waals surface area contributed by atoms with Crippen LogP contribution in [0.25, 0.3) is 0 Å². The first-order valence-corrected chi connectivity index (χ1v) is 6.56. The van der Waals surface area contributed by atoms with Crippen LogP contribution >= 0.6 is 0 Å². The van der Waals surface area contributed by atoms with Crippen molar-refractivity contribution in [1.29, 1.82) is 0 Å². The number of hydrogen-bond acceptors (Lipinski definition) is 1. The summed E-state index contributed by atoms with van der Waals surface area (Å²) in [6.07, 6.45) is 6.73. The smallest absolute Gasteiger partial charge is 0.00818 e. The van der Waals surface area contributed by atoms with Gasteiger partial charge in [0.05, 0.1) is 0 Å². The van der Waals surface area contributed by atoms with E-state index in [9.17, 15) is 0 Å². The number of nitrogens with one attached hydrogen (secondary N) is 1. The van der Waals surface area contributed by atoms with E-state index in [0.717, 1.165) is 12.5 Å². The van der Waals surface area contributed by atoms with E-state index in [0.29, 0.717) is 6.04 Å². The highest BCUT2D eigenvalue weighted by Crippen LogP contribution is 2.19. The van der Waals surface area contributed by atoms with Crippen molar-refractivity contribution in [3.63, 3.8) is 0 Å². The molecule has 0 spiro atoms. The monoisotopic (exact) mass is 217 g/mol. The van der Waals surface area contributed by atoms with Crippen LogP contribution < -0.4 is 5.32 Å². The summed E-state index contributed by atoms with van der Waals surface area (Å²) >= 11 is 0. The lowest BCUT2D eigenvalue weighted by Crippen LogP contribution is -2.36. The normalized spacial score (nSPS) is 18.9. The standard InChI is InChI=1S/C15H23N/c1-12-7-3-4-8-14(12)11-13(2)16-15-9-5-6-10-15/h3-4,7-8,13,15-16H,5-6,9-11H2,1-2H3. The first-order chi connectivity index (χ1) is 7.75. The topological polar surface area (TPSA) is 12.0 Å². The highest BCUT2D eigenvalue weighted by molar-refractivity contribution is 5.26. The lowest BCUT2D eigenvalue weighted by atomic mass is 10.0. The molecule has 0 saturated heterocycles. The summed E-state index contributed by atoms with van der Waals surface area (Å²) in [6.45, 7) is 4.52. The number of benzene rings is 1. The van der Waals surface area contributed by atoms with Crippen molar-refractivity contribution in [2.45, 2.75) is 58.0 Å². The van der Waals surface area contributed by atoms with Crippen molar-refractivity contribution in [1.82, 2.24) is 5.32 Å². The minimum atomic E-state index is 0.601. The fourth-order valence-corrected chi connectivity index (χ4v) is 2.72. The molecule has 0 radical (unpaired) electrons. The largest absolute Gasteiger partial charge is 0.311 e. The predicted molar refractivity (Wildman–Crippen MR) is 69.7 cm³/mol. The van der Waals surface area contributed by atoms with Crippen LogP contribution in [0.1, 0.15) is 43.7 Å². The van der Waals surface area contributed by atoms with Gasteiger partial charge in [0.1, 0.15) is 0 Å². The van der Waals surface area contributed by atoms with Crippen LogP contribution in [-0.2, 0) is 6.42 Å². The first kappa shape index (κ1) is 11.7. The van der Waals surface area contributed by atoms with Crippen LogP contribution in [0.5, 0.6) is 0 Å². The summed E-state index contributed by atoms with van der Waals surface area (Å²) in [6, 6.07) is 10.1. The van der Waals surface area contributed by atoms with Gasteiger partial charge in [0.25, 0.3) is 0 Å². The molecule has 0 amide bonds. The zero-order valence-electron chi connectivity index (χ0n) is 10.5. The van der Waals surface area contributed by atoms with Gasteiger partial charge in [-0.15, -0.1) is 0 Å². The number of hydrogen-bond donors (Lipinski definition) is 1. The Kier molecular flexibility index (Phi) is 4.00. The average Bonchev–Trinajstić information content (AvgIpc) is 2.74. The molecule has 0 bridgehead atoms. The molecule has 2 rings (SSSR count). The zero-order chi connectivity index (χ0) is 11.4. The summed E-state index contributed by atoms with van der Waals surface area (Å²) in [5, 5.41) is 3.75. The van der Waals surface area contributed by atoms with E-state index in [2.05, 4.69) is 43.4 Å². The van der Waals surface area contributed by atoms with Gasteiger partial charge in [-0.3, -0.25) is 0 Å². The van der Waals surface area contributed by atoms with Crippen LogP contribution in [0.4, 0.5) is 0 Å². The molecule has 0 heterocycles. The van der Waals surface area contributed by atoms with Crippen LogP contribution in [0.3, 0.4) is 0 Å². The third-order valence-electron chi connectivity index (χ3n) is 3.66. The van der Waals surface area contributed by atoms with Crippen molar-refractivity contribution in [3.8, 4) is 0 Å². The van der Waals surface area contributed by atoms with E-state index < -0.39 is 0 Å². The predicted octanol–water partition coefficient (Wildman–Crippen LogP) is 3.46. The molecule has 1 N–H and O–H groups in total. The Hall–Kier alpha value is -0.820. The van der Waals surface area contributed by atoms with Gasteiger partial charge in [0, 0.05) is 12.1 Å². The molecule has 1 atom stereocenters. The van der Waals surface area contributed by atoms with Gasteiger partial charge in [-0.05, 0) is 44.2 Å². The van der Waals surface area contributed by atoms with E-state index >= 15 is 0 Å². The molecule has 1 aliphatic carbocycles. The highest BCUT2D eigenvalue weighted by Gasteiger charge is 2.16. The Morgan fingerprint density at radius 3 is 2.62 bits per heavy atom. The van der Waals surface area contributed by atoms with Crippen LogP contribution in [-0.4, -0.2) is 12.1 Å². The summed E-state index contributed by atoms with van der Waals surface area (Å²) in [4.78, 5) is 0. The second-order valence-electron chi connectivity index (χ2n) is 5.18. The van der Waals surface area contributed by atoms with Crippen molar-refractivity contribution in [2.24, 2.45) is 0 Å². The van der Waals surface area contributed by atoms with Gasteiger partial charge >= 0.3 is 0 Å². The van der Waals surface area contributed by atoms with Crippen molar-refractivity contribution in [3.05, 3.63) is 35.4 Å². The molecule has 88 valence electrons. The molecule has 0 aromatic heterocycles. The van der Waals surface area contributed by atoms with E-state index in [4.69, 9.17) is 0 Å². The first-order valence-electron chi connectivity index (χ1n) is 6.56. The van der Waals surface area contributed by atoms with Gasteiger partial charge in [0.2, 0.25) is 0 Å². The molecule has 1 aromatic rings. The zero-order valence-corrected chi connectivity index (χ0v) is 10.5. The molecule has 1 aromatic carbocycles. The van der Waals surface area contributed by atoms with Gasteiger partial charge in [-0.2, -0.15) is 0 Å². The summed E-state index contributed by atoms with van der Waals surface area (Å²) < 4.78 is 0. The second kappa shape index (κ2) is 5.49. The molecule has 1 fully saturated rings. The maximum Gasteiger partial charge on any atom is 0.00818 e. The molecule has 1 aliphatic rings. The van der Waals surface area contributed by atoms with Gasteiger partial charge in [-0.1, -0.05) is 37.1 Å². The summed E-state index contributed by atoms with van der Waals surface area (Å²) in [5.41, 5.74) is 2.91. The third kappa shape index (κ3) is 3.08. The van der Waals surface area contributed by atoms with E-state index in [-0.39, 0.29) is 0 Å². The molecule has 1 unspecified atom stereocenters. The highest BCUT2D eigenvalue weighted by atomic mass is 14.9. The molecule has 0 aliphatic heterocycles. The van der Waals surface area contributed by atoms with Crippen LogP contribution in [0.15, 0.2) is 24.3 Å². The molecule has 1 nitrogen and oxygen atoms in total. The molecular formula is C15H23N. The number of rotatable bonds is 4. The van der Waals surface area contributed by atoms with E-state index in [1.54, 1.807) is 0 Å². The minimum Gasteiger partial charge on any atom is -0.311 e. The third-order valence-corrected chi connectivity index (χ3v) is 3.66. The maximum atomic E-state index is 3.75. The van der Waals surface area contributed by atoms with Crippen molar-refractivity contribution >= 4 is 0 Å². The van der Waals surface area contributed by atoms with Gasteiger partial charge in [0.15, 0.2) is 0 Å². The Morgan fingerprint density at radius 2 is 1.94 bits per heavy atom. The number of aryl methyl sites for hydroxylation is 1. The van der Waals surface area contributed by atoms with Crippen molar-refractivity contribution in [2.75, 3.05) is 0 Å². The Morgan fingerprint density at radius 1 is 1.25 bits per heavy atom. The lowest BCUT2D eigenvalue weighted by molar-refractivity contribution is 0.448. The van der Waals surface area contributed by atoms with E-state index in [1.165, 1.54) is 36.8 Å². The van der Waals surface area contributed by atoms with Crippen LogP contribution in [0, 0.1) is 6.92 Å². The maximum absolute atomic E-state index is 3.75. The average molecular weight is 217 g/mol. The van der Waals surface area contributed by atoms with E-state index in [1.807, 2.05) is 0 Å². The molecular weight excluding hydrogens is 194 g/mol. The summed E-state index contributed by atoms with van der Waals surface area (Å²) in [5.74, 6) is 0. The quantitative estimate of drug-likeness (QED) is 0.814. The summed E-state index contributed by atoms with van der Waals surface area (Å²) in [7, 11) is 0. The molecule has 1 saturated carbocycles. The van der Waals surface area contributed by atoms with Crippen molar-refractivity contribution < 1.29 is 0 Å². The Balaban J connectivity index is 1.86. The van der Waals surface area contributed by atoms with Gasteiger partial charge in [-0.25, -0.2) is 0 Å². The lowest BCUT2D eigenvalue weighted by Gasteiger charge is -2.20. The Labute approximate surface area is 99.3 Å². The molecule has 1 heteroatoms. The SMILES string of the molecule is Cc1ccccc1CC(C)NC1CCCC1. The Bertz CT molecular complexity index is 326.